The van der Waals surface area contributed by atoms with Gasteiger partial charge in [-0.1, -0.05) is 12.1 Å². The summed E-state index contributed by atoms with van der Waals surface area (Å²) in [7, 11) is -2.55. The minimum Gasteiger partial charge on any atom is -0.497 e. The van der Waals surface area contributed by atoms with Crippen LogP contribution < -0.4 is 24.2 Å². The predicted molar refractivity (Wildman–Crippen MR) is 111 cm³/mol. The summed E-state index contributed by atoms with van der Waals surface area (Å²) in [6.07, 6.45) is 3.05. The van der Waals surface area contributed by atoms with E-state index in [1.165, 1.54) is 37.7 Å². The molecule has 0 radical (unpaired) electrons. The van der Waals surface area contributed by atoms with Gasteiger partial charge in [0.15, 0.2) is 11.5 Å². The molecular formula is C21H19N3O6S. The molecule has 1 aliphatic heterocycles. The third-order valence-electron chi connectivity index (χ3n) is 4.59. The zero-order chi connectivity index (χ0) is 21.8. The number of hydrogen-bond donors (Lipinski definition) is 2. The highest BCUT2D eigenvalue weighted by atomic mass is 32.2. The van der Waals surface area contributed by atoms with E-state index >= 15 is 0 Å². The Bertz CT molecular complexity index is 1180. The summed E-state index contributed by atoms with van der Waals surface area (Å²) in [5.74, 6) is 0.808. The van der Waals surface area contributed by atoms with Crippen molar-refractivity contribution in [3.63, 3.8) is 0 Å². The number of carbonyl (C=O) groups is 1. The standard InChI is InChI=1S/C21H19N3O6S/c1-28-16-4-2-14(3-5-16)20(21(25)23-15-8-10-22-11-9-15)24-31(26,27)17-6-7-18-19(12-17)30-13-29-18/h2-12,20,24H,13H2,1H3,(H,22,23,25). The third kappa shape index (κ3) is 4.60. The first-order valence-corrected chi connectivity index (χ1v) is 10.7. The molecule has 0 saturated heterocycles. The van der Waals surface area contributed by atoms with E-state index in [1.807, 2.05) is 0 Å². The average molecular weight is 441 g/mol. The van der Waals surface area contributed by atoms with Crippen LogP contribution >= 0.6 is 0 Å². The van der Waals surface area contributed by atoms with E-state index in [9.17, 15) is 13.2 Å². The number of aromatic nitrogens is 1. The molecule has 0 bridgehead atoms. The second-order valence-corrected chi connectivity index (χ2v) is 8.28. The molecule has 31 heavy (non-hydrogen) atoms. The van der Waals surface area contributed by atoms with Crippen LogP contribution in [-0.4, -0.2) is 33.2 Å². The lowest BCUT2D eigenvalue weighted by molar-refractivity contribution is -0.117. The first kappa shape index (κ1) is 20.6. The molecule has 3 aromatic rings. The fourth-order valence-corrected chi connectivity index (χ4v) is 4.19. The molecule has 9 nitrogen and oxygen atoms in total. The Morgan fingerprint density at radius 3 is 2.45 bits per heavy atom. The quantitative estimate of drug-likeness (QED) is 0.579. The Hall–Kier alpha value is -3.63. The average Bonchev–Trinajstić information content (AvgIpc) is 3.26. The van der Waals surface area contributed by atoms with Gasteiger partial charge >= 0.3 is 0 Å². The van der Waals surface area contributed by atoms with Crippen molar-refractivity contribution in [2.45, 2.75) is 10.9 Å². The fourth-order valence-electron chi connectivity index (χ4n) is 2.99. The van der Waals surface area contributed by atoms with Crippen LogP contribution in [0.3, 0.4) is 0 Å². The topological polar surface area (TPSA) is 116 Å². The Balaban J connectivity index is 1.65. The molecule has 1 aliphatic rings. The van der Waals surface area contributed by atoms with Gasteiger partial charge in [-0.05, 0) is 42.0 Å². The lowest BCUT2D eigenvalue weighted by Crippen LogP contribution is -2.37. The molecule has 10 heteroatoms. The molecule has 0 spiro atoms. The van der Waals surface area contributed by atoms with Gasteiger partial charge in [0, 0.05) is 24.1 Å². The van der Waals surface area contributed by atoms with Crippen molar-refractivity contribution >= 4 is 21.6 Å². The molecule has 2 aromatic carbocycles. The zero-order valence-electron chi connectivity index (χ0n) is 16.4. The van der Waals surface area contributed by atoms with Gasteiger partial charge in [0.05, 0.1) is 12.0 Å². The molecule has 0 fully saturated rings. The molecule has 1 amide bonds. The van der Waals surface area contributed by atoms with Gasteiger partial charge in [-0.25, -0.2) is 8.42 Å². The van der Waals surface area contributed by atoms with E-state index in [0.717, 1.165) is 0 Å². The molecule has 160 valence electrons. The molecule has 2 N–H and O–H groups in total. The number of fused-ring (bicyclic) bond motifs is 1. The normalized spacial score (nSPS) is 13.5. The minimum absolute atomic E-state index is 0.0229. The maximum absolute atomic E-state index is 13.1. The number of methoxy groups -OCH3 is 1. The van der Waals surface area contributed by atoms with Crippen LogP contribution in [0.5, 0.6) is 17.2 Å². The van der Waals surface area contributed by atoms with Gasteiger partial charge in [-0.2, -0.15) is 4.72 Å². The van der Waals surface area contributed by atoms with E-state index in [0.29, 0.717) is 28.5 Å². The van der Waals surface area contributed by atoms with E-state index < -0.39 is 22.0 Å². The first-order chi connectivity index (χ1) is 15.0. The maximum Gasteiger partial charge on any atom is 0.247 e. The fraction of sp³-hybridized carbons (Fsp3) is 0.143. The van der Waals surface area contributed by atoms with E-state index in [4.69, 9.17) is 14.2 Å². The summed E-state index contributed by atoms with van der Waals surface area (Å²) < 4.78 is 44.3. The number of amides is 1. The molecule has 1 aromatic heterocycles. The Morgan fingerprint density at radius 2 is 1.74 bits per heavy atom. The van der Waals surface area contributed by atoms with Crippen molar-refractivity contribution in [1.29, 1.82) is 0 Å². The summed E-state index contributed by atoms with van der Waals surface area (Å²) in [5, 5.41) is 2.70. The number of sulfonamides is 1. The van der Waals surface area contributed by atoms with Crippen LogP contribution in [0.4, 0.5) is 5.69 Å². The summed E-state index contributed by atoms with van der Waals surface area (Å²) in [6, 6.07) is 12.8. The largest absolute Gasteiger partial charge is 0.497 e. The van der Waals surface area contributed by atoms with Crippen LogP contribution in [0.2, 0.25) is 0 Å². The maximum atomic E-state index is 13.1. The number of pyridine rings is 1. The van der Waals surface area contributed by atoms with Crippen LogP contribution in [-0.2, 0) is 14.8 Å². The predicted octanol–water partition coefficient (Wildman–Crippen LogP) is 2.48. The molecule has 4 rings (SSSR count). The van der Waals surface area contributed by atoms with Crippen molar-refractivity contribution < 1.29 is 27.4 Å². The number of rotatable bonds is 7. The lowest BCUT2D eigenvalue weighted by atomic mass is 10.1. The van der Waals surface area contributed by atoms with Gasteiger partial charge in [-0.3, -0.25) is 9.78 Å². The van der Waals surface area contributed by atoms with Crippen molar-refractivity contribution in [2.75, 3.05) is 19.2 Å². The van der Waals surface area contributed by atoms with Crippen molar-refractivity contribution in [3.8, 4) is 17.2 Å². The Labute approximate surface area is 179 Å². The monoisotopic (exact) mass is 441 g/mol. The number of hydrogen-bond acceptors (Lipinski definition) is 7. The third-order valence-corrected chi connectivity index (χ3v) is 6.01. The number of anilines is 1. The van der Waals surface area contributed by atoms with Gasteiger partial charge in [-0.15, -0.1) is 0 Å². The Kier molecular flexibility index (Phi) is 5.74. The number of nitrogens with one attached hydrogen (secondary N) is 2. The van der Waals surface area contributed by atoms with Crippen LogP contribution in [0.25, 0.3) is 0 Å². The van der Waals surface area contributed by atoms with Gasteiger partial charge < -0.3 is 19.5 Å². The number of benzene rings is 2. The summed E-state index contributed by atoms with van der Waals surface area (Å²) in [6.45, 7) is 0.0229. The number of ether oxygens (including phenoxy) is 3. The SMILES string of the molecule is COc1ccc(C(NS(=O)(=O)c2ccc3c(c2)OCO3)C(=O)Nc2ccncc2)cc1. The van der Waals surface area contributed by atoms with Gasteiger partial charge in [0.25, 0.3) is 0 Å². The molecule has 0 saturated carbocycles. The number of carbonyl (C=O) groups excluding carboxylic acids is 1. The zero-order valence-corrected chi connectivity index (χ0v) is 17.3. The molecular weight excluding hydrogens is 422 g/mol. The second kappa shape index (κ2) is 8.62. The minimum atomic E-state index is -4.07. The first-order valence-electron chi connectivity index (χ1n) is 9.23. The highest BCUT2D eigenvalue weighted by Gasteiger charge is 2.29. The van der Waals surface area contributed by atoms with E-state index in [2.05, 4.69) is 15.0 Å². The summed E-state index contributed by atoms with van der Waals surface area (Å²) in [5.41, 5.74) is 0.928. The lowest BCUT2D eigenvalue weighted by Gasteiger charge is -2.19. The van der Waals surface area contributed by atoms with Crippen LogP contribution in [0.1, 0.15) is 11.6 Å². The smallest absolute Gasteiger partial charge is 0.247 e. The molecule has 1 atom stereocenters. The van der Waals surface area contributed by atoms with E-state index in [1.54, 1.807) is 36.4 Å². The van der Waals surface area contributed by atoms with Crippen LogP contribution in [0.15, 0.2) is 71.9 Å². The highest BCUT2D eigenvalue weighted by Crippen LogP contribution is 2.34. The molecule has 1 unspecified atom stereocenters. The van der Waals surface area contributed by atoms with Crippen molar-refractivity contribution in [3.05, 3.63) is 72.6 Å². The highest BCUT2D eigenvalue weighted by molar-refractivity contribution is 7.89. The van der Waals surface area contributed by atoms with E-state index in [-0.39, 0.29) is 11.7 Å². The summed E-state index contributed by atoms with van der Waals surface area (Å²) in [4.78, 5) is 16.9. The van der Waals surface area contributed by atoms with Crippen molar-refractivity contribution in [1.82, 2.24) is 9.71 Å². The molecule has 2 heterocycles. The second-order valence-electron chi connectivity index (χ2n) is 6.57. The van der Waals surface area contributed by atoms with Crippen molar-refractivity contribution in [2.24, 2.45) is 0 Å². The Morgan fingerprint density at radius 1 is 1.03 bits per heavy atom. The summed E-state index contributed by atoms with van der Waals surface area (Å²) >= 11 is 0. The molecule has 0 aliphatic carbocycles. The van der Waals surface area contributed by atoms with Crippen LogP contribution in [0, 0.1) is 0 Å². The van der Waals surface area contributed by atoms with Gasteiger partial charge in [0.2, 0.25) is 22.7 Å². The van der Waals surface area contributed by atoms with Gasteiger partial charge in [0.1, 0.15) is 11.8 Å². The number of nitrogens with zero attached hydrogens (tertiary/aromatic N) is 1.